The number of hydrogen-bond acceptors (Lipinski definition) is 7. The van der Waals surface area contributed by atoms with Crippen molar-refractivity contribution in [1.82, 2.24) is 5.16 Å². The van der Waals surface area contributed by atoms with E-state index >= 15 is 0 Å². The molecule has 9 heteroatoms. The normalized spacial score (nSPS) is 10.3. The first-order chi connectivity index (χ1) is 10.5. The second-order valence-electron chi connectivity index (χ2n) is 4.27. The first-order valence-corrected chi connectivity index (χ1v) is 6.48. The topological polar surface area (TPSA) is 105 Å². The van der Waals surface area contributed by atoms with Crippen LogP contribution in [0, 0.1) is 17.0 Å². The highest BCUT2D eigenvalue weighted by atomic mass is 35.5. The van der Waals surface area contributed by atoms with E-state index in [1.54, 1.807) is 6.92 Å². The summed E-state index contributed by atoms with van der Waals surface area (Å²) >= 11 is 5.69. The van der Waals surface area contributed by atoms with Gasteiger partial charge in [0.2, 0.25) is 0 Å². The summed E-state index contributed by atoms with van der Waals surface area (Å²) in [5.74, 6) is 0.0895. The Labute approximate surface area is 129 Å². The standard InChI is InChI=1S/C13H11ClN2O6/c1-8-4-12(15-22-8)20-7-13(17)21-6-9-2-3-10(14)11(5-9)16(18)19/h2-5H,6-7H2,1H3. The quantitative estimate of drug-likeness (QED) is 0.456. The van der Waals surface area contributed by atoms with E-state index < -0.39 is 10.9 Å². The summed E-state index contributed by atoms with van der Waals surface area (Å²) in [7, 11) is 0. The predicted octanol–water partition coefficient (Wildman–Crippen LogP) is 2.67. The predicted molar refractivity (Wildman–Crippen MR) is 74.6 cm³/mol. The van der Waals surface area contributed by atoms with Crippen molar-refractivity contribution in [3.8, 4) is 5.88 Å². The SMILES string of the molecule is Cc1cc(OCC(=O)OCc2ccc(Cl)c([N+](=O)[O-])c2)no1. The Morgan fingerprint density at radius 2 is 2.23 bits per heavy atom. The van der Waals surface area contributed by atoms with Crippen molar-refractivity contribution in [2.75, 3.05) is 6.61 Å². The van der Waals surface area contributed by atoms with Crippen LogP contribution in [0.1, 0.15) is 11.3 Å². The molecule has 0 unspecified atom stereocenters. The summed E-state index contributed by atoms with van der Waals surface area (Å²) < 4.78 is 14.8. The Bertz CT molecular complexity index is 700. The van der Waals surface area contributed by atoms with Gasteiger partial charge in [0.25, 0.3) is 11.6 Å². The van der Waals surface area contributed by atoms with Crippen molar-refractivity contribution in [1.29, 1.82) is 0 Å². The molecule has 0 bridgehead atoms. The molecule has 22 heavy (non-hydrogen) atoms. The highest BCUT2D eigenvalue weighted by Gasteiger charge is 2.14. The van der Waals surface area contributed by atoms with Crippen LogP contribution in [0.2, 0.25) is 5.02 Å². The molecule has 1 heterocycles. The Hall–Kier alpha value is -2.61. The summed E-state index contributed by atoms with van der Waals surface area (Å²) in [4.78, 5) is 21.7. The molecular formula is C13H11ClN2O6. The third-order valence-corrected chi connectivity index (χ3v) is 2.87. The summed E-state index contributed by atoms with van der Waals surface area (Å²) in [6, 6.07) is 5.68. The number of nitrogens with zero attached hydrogens (tertiary/aromatic N) is 2. The van der Waals surface area contributed by atoms with Gasteiger partial charge in [-0.25, -0.2) is 4.79 Å². The van der Waals surface area contributed by atoms with Crippen molar-refractivity contribution in [3.05, 3.63) is 50.7 Å². The number of ether oxygens (including phenoxy) is 2. The van der Waals surface area contributed by atoms with Crippen LogP contribution in [0.4, 0.5) is 5.69 Å². The van der Waals surface area contributed by atoms with Gasteiger partial charge in [-0.2, -0.15) is 0 Å². The minimum absolute atomic E-state index is 0.0183. The molecule has 0 aliphatic heterocycles. The van der Waals surface area contributed by atoms with Crippen molar-refractivity contribution in [2.24, 2.45) is 0 Å². The third-order valence-electron chi connectivity index (χ3n) is 2.55. The zero-order valence-corrected chi connectivity index (χ0v) is 12.2. The van der Waals surface area contributed by atoms with Crippen LogP contribution in [0.15, 0.2) is 28.8 Å². The van der Waals surface area contributed by atoms with Crippen LogP contribution in [0.3, 0.4) is 0 Å². The number of hydrogen-bond donors (Lipinski definition) is 0. The number of nitro benzene ring substituents is 1. The average Bonchev–Trinajstić information content (AvgIpc) is 2.89. The van der Waals surface area contributed by atoms with Crippen LogP contribution in [0.5, 0.6) is 5.88 Å². The molecular weight excluding hydrogens is 316 g/mol. The largest absolute Gasteiger partial charge is 0.463 e. The summed E-state index contributed by atoms with van der Waals surface area (Å²) in [5.41, 5.74) is 0.200. The number of nitro groups is 1. The van der Waals surface area contributed by atoms with Crippen molar-refractivity contribution in [2.45, 2.75) is 13.5 Å². The Kier molecular flexibility index (Phi) is 4.95. The number of rotatable bonds is 6. The van der Waals surface area contributed by atoms with Crippen LogP contribution in [-0.4, -0.2) is 22.7 Å². The molecule has 2 rings (SSSR count). The van der Waals surface area contributed by atoms with Gasteiger partial charge in [0.15, 0.2) is 6.61 Å². The zero-order valence-electron chi connectivity index (χ0n) is 11.4. The highest BCUT2D eigenvalue weighted by molar-refractivity contribution is 6.32. The van der Waals surface area contributed by atoms with Gasteiger partial charge in [-0.05, 0) is 23.7 Å². The van der Waals surface area contributed by atoms with Crippen molar-refractivity contribution >= 4 is 23.3 Å². The molecule has 0 saturated heterocycles. The molecule has 8 nitrogen and oxygen atoms in total. The smallest absolute Gasteiger partial charge is 0.344 e. The number of halogens is 1. The molecule has 0 aliphatic rings. The molecule has 1 aromatic carbocycles. The number of aryl methyl sites for hydroxylation is 1. The lowest BCUT2D eigenvalue weighted by Gasteiger charge is -2.05. The maximum atomic E-state index is 11.5. The fraction of sp³-hybridized carbons (Fsp3) is 0.231. The monoisotopic (exact) mass is 326 g/mol. The van der Waals surface area contributed by atoms with E-state index in [1.165, 1.54) is 24.3 Å². The van der Waals surface area contributed by atoms with Crippen molar-refractivity contribution < 1.29 is 23.7 Å². The van der Waals surface area contributed by atoms with E-state index in [4.69, 9.17) is 25.6 Å². The van der Waals surface area contributed by atoms with Gasteiger partial charge in [-0.1, -0.05) is 17.7 Å². The van der Waals surface area contributed by atoms with Crippen LogP contribution in [-0.2, 0) is 16.1 Å². The maximum Gasteiger partial charge on any atom is 0.344 e. The van der Waals surface area contributed by atoms with E-state index in [2.05, 4.69) is 5.16 Å². The lowest BCUT2D eigenvalue weighted by molar-refractivity contribution is -0.384. The van der Waals surface area contributed by atoms with Gasteiger partial charge in [0, 0.05) is 12.1 Å². The Balaban J connectivity index is 1.85. The van der Waals surface area contributed by atoms with Gasteiger partial charge in [0.05, 0.1) is 4.92 Å². The average molecular weight is 327 g/mol. The van der Waals surface area contributed by atoms with E-state index in [0.29, 0.717) is 11.3 Å². The first kappa shape index (κ1) is 15.8. The van der Waals surface area contributed by atoms with Crippen LogP contribution in [0.25, 0.3) is 0 Å². The number of carbonyl (C=O) groups excluding carboxylic acids is 1. The maximum absolute atomic E-state index is 11.5. The Morgan fingerprint density at radius 1 is 1.45 bits per heavy atom. The molecule has 0 spiro atoms. The molecule has 116 valence electrons. The minimum atomic E-state index is -0.641. The Morgan fingerprint density at radius 3 is 2.86 bits per heavy atom. The van der Waals surface area contributed by atoms with E-state index in [0.717, 1.165) is 0 Å². The van der Waals surface area contributed by atoms with E-state index in [-0.39, 0.29) is 29.8 Å². The molecule has 2 aromatic rings. The molecule has 1 aromatic heterocycles. The molecule has 0 atom stereocenters. The molecule has 0 amide bonds. The summed E-state index contributed by atoms with van der Waals surface area (Å²) in [6.45, 7) is 1.21. The van der Waals surface area contributed by atoms with Crippen LogP contribution < -0.4 is 4.74 Å². The summed E-state index contributed by atoms with van der Waals surface area (Å²) in [6.07, 6.45) is 0. The molecule has 0 fully saturated rings. The van der Waals surface area contributed by atoms with Gasteiger partial charge in [0.1, 0.15) is 17.4 Å². The number of aromatic nitrogens is 1. The van der Waals surface area contributed by atoms with Gasteiger partial charge in [-0.15, -0.1) is 0 Å². The van der Waals surface area contributed by atoms with Crippen molar-refractivity contribution in [3.63, 3.8) is 0 Å². The van der Waals surface area contributed by atoms with Gasteiger partial charge < -0.3 is 14.0 Å². The number of benzene rings is 1. The van der Waals surface area contributed by atoms with Gasteiger partial charge >= 0.3 is 5.97 Å². The number of carbonyl (C=O) groups is 1. The van der Waals surface area contributed by atoms with Gasteiger partial charge in [-0.3, -0.25) is 10.1 Å². The third kappa shape index (κ3) is 4.19. The number of esters is 1. The first-order valence-electron chi connectivity index (χ1n) is 6.10. The summed E-state index contributed by atoms with van der Waals surface area (Å²) in [5, 5.41) is 14.3. The van der Waals surface area contributed by atoms with Crippen LogP contribution >= 0.6 is 11.6 Å². The van der Waals surface area contributed by atoms with E-state index in [9.17, 15) is 14.9 Å². The fourth-order valence-electron chi connectivity index (χ4n) is 1.54. The molecule has 0 aliphatic carbocycles. The second kappa shape index (κ2) is 6.90. The van der Waals surface area contributed by atoms with E-state index in [1.807, 2.05) is 0 Å². The fourth-order valence-corrected chi connectivity index (χ4v) is 1.72. The minimum Gasteiger partial charge on any atom is -0.463 e. The second-order valence-corrected chi connectivity index (χ2v) is 4.68. The lowest BCUT2D eigenvalue weighted by atomic mass is 10.2. The molecule has 0 radical (unpaired) electrons. The molecule has 0 N–H and O–H groups in total. The zero-order chi connectivity index (χ0) is 16.1. The highest BCUT2D eigenvalue weighted by Crippen LogP contribution is 2.25. The molecule has 0 saturated carbocycles. The lowest BCUT2D eigenvalue weighted by Crippen LogP contribution is -2.14.